The first-order valence-electron chi connectivity index (χ1n) is 4.86. The minimum absolute atomic E-state index is 0. The topological polar surface area (TPSA) is 58.6 Å². The lowest BCUT2D eigenvalue weighted by molar-refractivity contribution is -0.106. The number of morpholine rings is 1. The van der Waals surface area contributed by atoms with E-state index in [4.69, 9.17) is 4.74 Å². The van der Waals surface area contributed by atoms with E-state index in [2.05, 4.69) is 5.32 Å². The van der Waals surface area contributed by atoms with Gasteiger partial charge in [-0.25, -0.2) is 0 Å². The molecule has 0 bridgehead atoms. The van der Waals surface area contributed by atoms with Crippen LogP contribution in [-0.4, -0.2) is 31.2 Å². The van der Waals surface area contributed by atoms with Crippen LogP contribution in [-0.2, 0) is 10.5 Å². The zero-order valence-corrected chi connectivity index (χ0v) is 9.50. The Morgan fingerprint density at radius 2 is 2.19 bits per heavy atom. The molecular weight excluding hydrogens is 230 g/mol. The Morgan fingerprint density at radius 1 is 1.44 bits per heavy atom. The quantitative estimate of drug-likeness (QED) is 0.751. The molecule has 1 aromatic rings. The number of carbonyl (C=O) groups is 1. The van der Waals surface area contributed by atoms with Gasteiger partial charge in [0.05, 0.1) is 13.2 Å². The van der Waals surface area contributed by atoms with Gasteiger partial charge in [0.25, 0.3) is 0 Å². The van der Waals surface area contributed by atoms with Gasteiger partial charge >= 0.3 is 0 Å². The molecule has 16 heavy (non-hydrogen) atoms. The summed E-state index contributed by atoms with van der Waals surface area (Å²) in [6.45, 7) is 1.31. The second-order valence-electron chi connectivity index (χ2n) is 3.54. The molecule has 4 nitrogen and oxygen atoms in total. The van der Waals surface area contributed by atoms with Crippen LogP contribution in [0.3, 0.4) is 0 Å². The molecule has 2 N–H and O–H groups in total. The van der Waals surface area contributed by atoms with E-state index in [1.54, 1.807) is 24.3 Å². The maximum atomic E-state index is 10.8. The van der Waals surface area contributed by atoms with Crippen LogP contribution in [0, 0.1) is 0 Å². The molecule has 1 aromatic carbocycles. The molecule has 0 unspecified atom stereocenters. The highest BCUT2D eigenvalue weighted by Gasteiger charge is 2.33. The minimum atomic E-state index is -1.24. The lowest BCUT2D eigenvalue weighted by Gasteiger charge is -2.34. The highest BCUT2D eigenvalue weighted by molar-refractivity contribution is 5.85. The Kier molecular flexibility index (Phi) is 4.44. The van der Waals surface area contributed by atoms with Crippen molar-refractivity contribution in [2.75, 3.05) is 19.8 Å². The first-order chi connectivity index (χ1) is 7.26. The van der Waals surface area contributed by atoms with Gasteiger partial charge in [-0.3, -0.25) is 10.1 Å². The van der Waals surface area contributed by atoms with Crippen LogP contribution in [0.15, 0.2) is 24.3 Å². The number of hydrogen-bond acceptors (Lipinski definition) is 4. The summed E-state index contributed by atoms with van der Waals surface area (Å²) in [4.78, 5) is 10.8. The minimum Gasteiger partial charge on any atom is -0.375 e. The Labute approximate surface area is 100 Å². The molecule has 1 atom stereocenters. The lowest BCUT2D eigenvalue weighted by atomic mass is 9.97. The third kappa shape index (κ3) is 2.41. The molecule has 1 aliphatic rings. The number of hydrogen-bond donors (Lipinski definition) is 2. The van der Waals surface area contributed by atoms with E-state index in [0.29, 0.717) is 24.3 Å². The normalized spacial score (nSPS) is 24.6. The fourth-order valence-electron chi connectivity index (χ4n) is 1.75. The van der Waals surface area contributed by atoms with Crippen molar-refractivity contribution in [3.05, 3.63) is 35.4 Å². The summed E-state index contributed by atoms with van der Waals surface area (Å²) in [5.41, 5.74) is -0.187. The molecule has 1 fully saturated rings. The third-order valence-corrected chi connectivity index (χ3v) is 2.51. The standard InChI is InChI=1S/C11H13NO3.ClH/c13-7-9-3-1-2-4-10(9)11(14)8-15-6-5-12-11;/h1-4,7,12,14H,5-6,8H2;1H/t11-;/m0./s1. The van der Waals surface area contributed by atoms with E-state index in [0.717, 1.165) is 6.29 Å². The van der Waals surface area contributed by atoms with Gasteiger partial charge in [0.15, 0.2) is 5.72 Å². The molecular formula is C11H14ClNO3. The molecule has 1 saturated heterocycles. The van der Waals surface area contributed by atoms with Crippen LogP contribution in [0.5, 0.6) is 0 Å². The number of nitrogens with one attached hydrogen (secondary N) is 1. The zero-order valence-electron chi connectivity index (χ0n) is 8.68. The highest BCUT2D eigenvalue weighted by atomic mass is 35.5. The van der Waals surface area contributed by atoms with Crippen molar-refractivity contribution in [2.24, 2.45) is 0 Å². The fraction of sp³-hybridized carbons (Fsp3) is 0.364. The van der Waals surface area contributed by atoms with Crippen LogP contribution >= 0.6 is 12.4 Å². The van der Waals surface area contributed by atoms with Crippen LogP contribution in [0.1, 0.15) is 15.9 Å². The van der Waals surface area contributed by atoms with Gasteiger partial charge in [-0.1, -0.05) is 24.3 Å². The molecule has 1 heterocycles. The van der Waals surface area contributed by atoms with Crippen LogP contribution in [0.25, 0.3) is 0 Å². The van der Waals surface area contributed by atoms with Gasteiger partial charge in [-0.05, 0) is 0 Å². The molecule has 0 amide bonds. The molecule has 1 aliphatic heterocycles. The molecule has 88 valence electrons. The van der Waals surface area contributed by atoms with Crippen molar-refractivity contribution < 1.29 is 14.6 Å². The summed E-state index contributed by atoms with van der Waals surface area (Å²) >= 11 is 0. The number of aliphatic hydroxyl groups is 1. The number of carbonyl (C=O) groups excluding carboxylic acids is 1. The average Bonchev–Trinajstić information content (AvgIpc) is 2.30. The van der Waals surface area contributed by atoms with Crippen molar-refractivity contribution in [1.82, 2.24) is 5.32 Å². The number of benzene rings is 1. The maximum absolute atomic E-state index is 10.8. The van der Waals surface area contributed by atoms with Crippen molar-refractivity contribution in [3.63, 3.8) is 0 Å². The van der Waals surface area contributed by atoms with Gasteiger partial charge in [-0.2, -0.15) is 0 Å². The van der Waals surface area contributed by atoms with Crippen molar-refractivity contribution >= 4 is 18.7 Å². The monoisotopic (exact) mass is 243 g/mol. The van der Waals surface area contributed by atoms with Crippen LogP contribution < -0.4 is 5.32 Å². The van der Waals surface area contributed by atoms with Crippen LogP contribution in [0.2, 0.25) is 0 Å². The van der Waals surface area contributed by atoms with E-state index in [-0.39, 0.29) is 19.0 Å². The summed E-state index contributed by atoms with van der Waals surface area (Å²) in [6.07, 6.45) is 0.740. The second-order valence-corrected chi connectivity index (χ2v) is 3.54. The van der Waals surface area contributed by atoms with Gasteiger partial charge in [0.2, 0.25) is 0 Å². The van der Waals surface area contributed by atoms with E-state index in [1.165, 1.54) is 0 Å². The lowest BCUT2D eigenvalue weighted by Crippen LogP contribution is -2.52. The van der Waals surface area contributed by atoms with E-state index in [9.17, 15) is 9.90 Å². The summed E-state index contributed by atoms with van der Waals surface area (Å²) in [6, 6.07) is 6.96. The average molecular weight is 244 g/mol. The van der Waals surface area contributed by atoms with Crippen LogP contribution in [0.4, 0.5) is 0 Å². The molecule has 0 radical (unpaired) electrons. The third-order valence-electron chi connectivity index (χ3n) is 2.51. The Morgan fingerprint density at radius 3 is 2.81 bits per heavy atom. The largest absolute Gasteiger partial charge is 0.375 e. The van der Waals surface area contributed by atoms with Gasteiger partial charge in [0, 0.05) is 17.7 Å². The van der Waals surface area contributed by atoms with Gasteiger partial charge in [0.1, 0.15) is 6.29 Å². The SMILES string of the molecule is Cl.O=Cc1ccccc1[C@@]1(O)COCCN1. The summed E-state index contributed by atoms with van der Waals surface area (Å²) < 4.78 is 5.21. The summed E-state index contributed by atoms with van der Waals surface area (Å²) in [7, 11) is 0. The van der Waals surface area contributed by atoms with E-state index >= 15 is 0 Å². The number of halogens is 1. The molecule has 0 aromatic heterocycles. The molecule has 0 aliphatic carbocycles. The Balaban J connectivity index is 0.00000128. The first-order valence-corrected chi connectivity index (χ1v) is 4.86. The number of aldehydes is 1. The predicted molar refractivity (Wildman–Crippen MR) is 61.8 cm³/mol. The second kappa shape index (κ2) is 5.41. The predicted octanol–water partition coefficient (Wildman–Crippen LogP) is 0.686. The van der Waals surface area contributed by atoms with Gasteiger partial charge < -0.3 is 9.84 Å². The highest BCUT2D eigenvalue weighted by Crippen LogP contribution is 2.23. The molecule has 0 spiro atoms. The first kappa shape index (κ1) is 13.1. The number of rotatable bonds is 2. The molecule has 0 saturated carbocycles. The maximum Gasteiger partial charge on any atom is 0.166 e. The number of ether oxygens (including phenoxy) is 1. The van der Waals surface area contributed by atoms with E-state index < -0.39 is 5.72 Å². The van der Waals surface area contributed by atoms with Crippen molar-refractivity contribution in [2.45, 2.75) is 5.72 Å². The fourth-order valence-corrected chi connectivity index (χ4v) is 1.75. The molecule has 2 rings (SSSR count). The van der Waals surface area contributed by atoms with E-state index in [1.807, 2.05) is 0 Å². The Hall–Kier alpha value is -0.940. The summed E-state index contributed by atoms with van der Waals surface area (Å²) in [5, 5.41) is 13.2. The van der Waals surface area contributed by atoms with Crippen molar-refractivity contribution in [3.8, 4) is 0 Å². The zero-order chi connectivity index (χ0) is 10.7. The van der Waals surface area contributed by atoms with Crippen molar-refractivity contribution in [1.29, 1.82) is 0 Å². The van der Waals surface area contributed by atoms with Gasteiger partial charge in [-0.15, -0.1) is 12.4 Å². The summed E-state index contributed by atoms with van der Waals surface area (Å²) in [5.74, 6) is 0. The smallest absolute Gasteiger partial charge is 0.166 e. The molecule has 5 heteroatoms. The Bertz CT molecular complexity index is 364.